The summed E-state index contributed by atoms with van der Waals surface area (Å²) < 4.78 is 18.4. The number of rotatable bonds is 6. The maximum Gasteiger partial charge on any atom is 0.404 e. The molecular weight excluding hydrogens is 255 g/mol. The predicted octanol–water partition coefficient (Wildman–Crippen LogP) is 0.582. The van der Waals surface area contributed by atoms with Gasteiger partial charge in [0.2, 0.25) is 0 Å². The maximum atomic E-state index is 12.6. The molecule has 0 unspecified atom stereocenters. The second-order valence-corrected chi connectivity index (χ2v) is 3.63. The topological polar surface area (TPSA) is 99.2 Å². The quantitative estimate of drug-likeness (QED) is 0.789. The first-order chi connectivity index (χ1) is 9.06. The zero-order valence-corrected chi connectivity index (χ0v) is 10.4. The van der Waals surface area contributed by atoms with Crippen LogP contribution < -0.4 is 11.1 Å². The Morgan fingerprint density at radius 3 is 2.95 bits per heavy atom. The van der Waals surface area contributed by atoms with Gasteiger partial charge >= 0.3 is 6.09 Å². The van der Waals surface area contributed by atoms with Gasteiger partial charge in [-0.15, -0.1) is 0 Å². The van der Waals surface area contributed by atoms with E-state index in [2.05, 4.69) is 15.2 Å². The van der Waals surface area contributed by atoms with E-state index in [1.54, 1.807) is 6.92 Å². The van der Waals surface area contributed by atoms with Gasteiger partial charge in [-0.1, -0.05) is 0 Å². The van der Waals surface area contributed by atoms with E-state index in [0.717, 1.165) is 0 Å². The van der Waals surface area contributed by atoms with Crippen LogP contribution in [0.3, 0.4) is 0 Å². The fourth-order valence-corrected chi connectivity index (χ4v) is 1.31. The van der Waals surface area contributed by atoms with E-state index < -0.39 is 6.09 Å². The third kappa shape index (κ3) is 4.78. The van der Waals surface area contributed by atoms with Gasteiger partial charge in [0, 0.05) is 18.3 Å². The first-order valence-electron chi connectivity index (χ1n) is 5.58. The summed E-state index contributed by atoms with van der Waals surface area (Å²) in [5.74, 6) is -0.305. The Labute approximate surface area is 109 Å². The molecule has 0 aliphatic rings. The van der Waals surface area contributed by atoms with E-state index in [-0.39, 0.29) is 30.3 Å². The maximum absolute atomic E-state index is 12.6. The summed E-state index contributed by atoms with van der Waals surface area (Å²) in [5.41, 5.74) is 5.18. The van der Waals surface area contributed by atoms with Gasteiger partial charge < -0.3 is 15.8 Å². The lowest BCUT2D eigenvalue weighted by Gasteiger charge is -2.06. The number of nitrogens with two attached hydrogens (primary N) is 1. The summed E-state index contributed by atoms with van der Waals surface area (Å²) in [4.78, 5) is 21.9. The van der Waals surface area contributed by atoms with E-state index in [9.17, 15) is 14.0 Å². The number of hydrogen-bond acceptors (Lipinski definition) is 4. The van der Waals surface area contributed by atoms with Crippen LogP contribution in [0, 0.1) is 0 Å². The third-order valence-electron chi connectivity index (χ3n) is 2.13. The molecule has 1 rings (SSSR count). The van der Waals surface area contributed by atoms with E-state index in [1.807, 2.05) is 0 Å². The molecule has 1 aromatic heterocycles. The number of ether oxygens (including phenoxy) is 1. The van der Waals surface area contributed by atoms with Crippen molar-refractivity contribution >= 4 is 12.0 Å². The van der Waals surface area contributed by atoms with E-state index in [0.29, 0.717) is 12.9 Å². The van der Waals surface area contributed by atoms with Crippen molar-refractivity contribution < 1.29 is 18.7 Å². The first kappa shape index (κ1) is 14.7. The fourth-order valence-electron chi connectivity index (χ4n) is 1.31. The molecule has 0 saturated heterocycles. The third-order valence-corrected chi connectivity index (χ3v) is 2.13. The fraction of sp³-hybridized carbons (Fsp3) is 0.364. The molecule has 8 heteroatoms. The van der Waals surface area contributed by atoms with Gasteiger partial charge in [0.05, 0.1) is 12.9 Å². The van der Waals surface area contributed by atoms with Crippen molar-refractivity contribution in [1.82, 2.24) is 15.1 Å². The summed E-state index contributed by atoms with van der Waals surface area (Å²) in [6.45, 7) is 2.08. The summed E-state index contributed by atoms with van der Waals surface area (Å²) in [6, 6.07) is 1.51. The SMILES string of the molecule is CCNC(=O)c1ccn(CC(=CF)COC(N)=O)n1. The zero-order valence-electron chi connectivity index (χ0n) is 10.4. The molecule has 2 amide bonds. The van der Waals surface area contributed by atoms with Crippen molar-refractivity contribution in [3.8, 4) is 0 Å². The molecule has 19 heavy (non-hydrogen) atoms. The van der Waals surface area contributed by atoms with Crippen molar-refractivity contribution in [2.75, 3.05) is 13.2 Å². The lowest BCUT2D eigenvalue weighted by molar-refractivity contribution is 0.0950. The van der Waals surface area contributed by atoms with Crippen molar-refractivity contribution in [3.05, 3.63) is 29.9 Å². The Hall–Kier alpha value is -2.38. The van der Waals surface area contributed by atoms with Crippen LogP contribution in [-0.2, 0) is 11.3 Å². The molecule has 0 saturated carbocycles. The Kier molecular flexibility index (Phi) is 5.52. The van der Waals surface area contributed by atoms with Crippen LogP contribution in [-0.4, -0.2) is 34.9 Å². The van der Waals surface area contributed by atoms with Crippen molar-refractivity contribution in [1.29, 1.82) is 0 Å². The summed E-state index contributed by atoms with van der Waals surface area (Å²) >= 11 is 0. The molecule has 1 aromatic rings. The monoisotopic (exact) mass is 270 g/mol. The Morgan fingerprint density at radius 2 is 2.37 bits per heavy atom. The molecule has 3 N–H and O–H groups in total. The number of carbonyl (C=O) groups excluding carboxylic acids is 2. The molecule has 0 fully saturated rings. The highest BCUT2D eigenvalue weighted by Crippen LogP contribution is 2.03. The van der Waals surface area contributed by atoms with Crippen LogP contribution in [0.5, 0.6) is 0 Å². The highest BCUT2D eigenvalue weighted by atomic mass is 19.1. The molecule has 0 aliphatic heterocycles. The molecule has 0 bridgehead atoms. The number of carbonyl (C=O) groups is 2. The molecule has 1 heterocycles. The van der Waals surface area contributed by atoms with Crippen LogP contribution in [0.25, 0.3) is 0 Å². The van der Waals surface area contributed by atoms with Gasteiger partial charge in [-0.2, -0.15) is 5.10 Å². The highest BCUT2D eigenvalue weighted by molar-refractivity contribution is 5.92. The van der Waals surface area contributed by atoms with Crippen molar-refractivity contribution in [2.24, 2.45) is 5.73 Å². The molecule has 0 radical (unpaired) electrons. The summed E-state index contributed by atoms with van der Waals surface area (Å²) in [5, 5.41) is 6.56. The van der Waals surface area contributed by atoms with Crippen LogP contribution in [0.4, 0.5) is 9.18 Å². The molecule has 0 aromatic carbocycles. The van der Waals surface area contributed by atoms with Gasteiger partial charge in [-0.05, 0) is 13.0 Å². The number of nitrogens with zero attached hydrogens (tertiary/aromatic N) is 2. The Morgan fingerprint density at radius 1 is 1.63 bits per heavy atom. The average Bonchev–Trinajstić information content (AvgIpc) is 2.83. The number of amides is 2. The van der Waals surface area contributed by atoms with Crippen LogP contribution in [0.2, 0.25) is 0 Å². The van der Waals surface area contributed by atoms with Crippen molar-refractivity contribution in [3.63, 3.8) is 0 Å². The molecular formula is C11H15FN4O3. The Bertz CT molecular complexity index is 484. The van der Waals surface area contributed by atoms with Crippen LogP contribution >= 0.6 is 0 Å². The minimum atomic E-state index is -0.983. The molecule has 0 atom stereocenters. The first-order valence-corrected chi connectivity index (χ1v) is 5.58. The van der Waals surface area contributed by atoms with Crippen LogP contribution in [0.15, 0.2) is 24.2 Å². The predicted molar refractivity (Wildman–Crippen MR) is 65.0 cm³/mol. The van der Waals surface area contributed by atoms with E-state index >= 15 is 0 Å². The summed E-state index contributed by atoms with van der Waals surface area (Å²) in [6.07, 6.45) is 0.859. The lowest BCUT2D eigenvalue weighted by atomic mass is 10.3. The largest absolute Gasteiger partial charge is 0.445 e. The standard InChI is InChI=1S/C11H15FN4O3/c1-2-14-10(17)9-3-4-16(15-9)6-8(5-12)7-19-11(13)18/h3-5H,2,6-7H2,1H3,(H2,13,18)(H,14,17). The van der Waals surface area contributed by atoms with Gasteiger partial charge in [0.1, 0.15) is 12.3 Å². The average molecular weight is 270 g/mol. The molecule has 0 spiro atoms. The Balaban J connectivity index is 2.61. The number of primary amides is 1. The van der Waals surface area contributed by atoms with Gasteiger partial charge in [0.25, 0.3) is 5.91 Å². The lowest BCUT2D eigenvalue weighted by Crippen LogP contribution is -2.23. The van der Waals surface area contributed by atoms with Crippen LogP contribution in [0.1, 0.15) is 17.4 Å². The highest BCUT2D eigenvalue weighted by Gasteiger charge is 2.09. The van der Waals surface area contributed by atoms with Gasteiger partial charge in [-0.25, -0.2) is 9.18 Å². The number of halogens is 1. The molecule has 0 aliphatic carbocycles. The molecule has 104 valence electrons. The molecule has 7 nitrogen and oxygen atoms in total. The number of nitrogens with one attached hydrogen (secondary N) is 1. The smallest absolute Gasteiger partial charge is 0.404 e. The van der Waals surface area contributed by atoms with Crippen molar-refractivity contribution in [2.45, 2.75) is 13.5 Å². The zero-order chi connectivity index (χ0) is 14.3. The second-order valence-electron chi connectivity index (χ2n) is 3.63. The minimum absolute atomic E-state index is 0.0587. The normalized spacial score (nSPS) is 11.2. The van der Waals surface area contributed by atoms with E-state index in [4.69, 9.17) is 5.73 Å². The summed E-state index contributed by atoms with van der Waals surface area (Å²) in [7, 11) is 0. The number of hydrogen-bond donors (Lipinski definition) is 2. The van der Waals surface area contributed by atoms with E-state index in [1.165, 1.54) is 16.9 Å². The second kappa shape index (κ2) is 7.14. The van der Waals surface area contributed by atoms with Gasteiger partial charge in [-0.3, -0.25) is 9.48 Å². The van der Waals surface area contributed by atoms with Gasteiger partial charge in [0.15, 0.2) is 0 Å². The minimum Gasteiger partial charge on any atom is -0.445 e. The number of aromatic nitrogens is 2.